The number of rotatable bonds is 4. The zero-order valence-electron chi connectivity index (χ0n) is 15.9. The number of thioether (sulfide) groups is 1. The molecule has 1 saturated heterocycles. The highest BCUT2D eigenvalue weighted by molar-refractivity contribution is 7.99. The smallest absolute Gasteiger partial charge is 0.225 e. The Kier molecular flexibility index (Phi) is 6.88. The van der Waals surface area contributed by atoms with E-state index in [2.05, 4.69) is 31.2 Å². The maximum absolute atomic E-state index is 12.7. The molecule has 2 aliphatic rings. The second-order valence-electron chi connectivity index (χ2n) is 7.17. The summed E-state index contributed by atoms with van der Waals surface area (Å²) < 4.78 is 2.11. The Balaban J connectivity index is 1.42. The number of carbonyl (C=O) groups excluding carboxylic acids is 1. The van der Waals surface area contributed by atoms with Gasteiger partial charge in [-0.15, -0.1) is 0 Å². The quantitative estimate of drug-likeness (QED) is 0.621. The van der Waals surface area contributed by atoms with E-state index in [0.29, 0.717) is 11.9 Å². The third kappa shape index (κ3) is 4.96. The number of nitrogens with one attached hydrogen (secondary N) is 2. The second kappa shape index (κ2) is 9.35. The lowest BCUT2D eigenvalue weighted by Crippen LogP contribution is -2.47. The van der Waals surface area contributed by atoms with Gasteiger partial charge in [-0.05, 0) is 37.8 Å². The average molecular weight is 378 g/mol. The number of aryl methyl sites for hydroxylation is 1. The topological polar surface area (TPSA) is 61.7 Å². The monoisotopic (exact) mass is 377 g/mol. The summed E-state index contributed by atoms with van der Waals surface area (Å²) in [5, 5.41) is 6.91. The van der Waals surface area contributed by atoms with Gasteiger partial charge < -0.3 is 20.1 Å². The van der Waals surface area contributed by atoms with E-state index in [1.54, 1.807) is 0 Å². The van der Waals surface area contributed by atoms with E-state index in [-0.39, 0.29) is 5.92 Å². The molecule has 144 valence electrons. The van der Waals surface area contributed by atoms with Crippen LogP contribution in [0.2, 0.25) is 0 Å². The molecule has 26 heavy (non-hydrogen) atoms. The van der Waals surface area contributed by atoms with Crippen LogP contribution in [-0.4, -0.2) is 59.0 Å². The summed E-state index contributed by atoms with van der Waals surface area (Å²) in [5.74, 6) is 3.62. The van der Waals surface area contributed by atoms with Gasteiger partial charge in [0.25, 0.3) is 0 Å². The van der Waals surface area contributed by atoms with Crippen molar-refractivity contribution in [1.29, 1.82) is 0 Å². The van der Waals surface area contributed by atoms with Gasteiger partial charge in [0.2, 0.25) is 5.91 Å². The van der Waals surface area contributed by atoms with Crippen LogP contribution in [-0.2, 0) is 18.4 Å². The normalized spacial score (nSPS) is 24.4. The molecule has 0 radical (unpaired) electrons. The maximum Gasteiger partial charge on any atom is 0.225 e. The highest BCUT2D eigenvalue weighted by atomic mass is 32.2. The van der Waals surface area contributed by atoms with Gasteiger partial charge in [0.1, 0.15) is 0 Å². The standard InChI is InChI=1S/C19H31N5OS/c1-20-19(21-14-17-4-3-9-23(17)2)22-16-7-5-15(6-8-16)18(25)24-10-12-26-13-11-24/h3-4,9,15-16H,5-8,10-14H2,1-2H3,(H2,20,21,22). The summed E-state index contributed by atoms with van der Waals surface area (Å²) in [5.41, 5.74) is 1.22. The van der Waals surface area contributed by atoms with Crippen molar-refractivity contribution in [2.75, 3.05) is 31.6 Å². The summed E-state index contributed by atoms with van der Waals surface area (Å²) in [4.78, 5) is 19.1. The van der Waals surface area contributed by atoms with Crippen LogP contribution in [0, 0.1) is 5.92 Å². The Morgan fingerprint density at radius 3 is 2.62 bits per heavy atom. The van der Waals surface area contributed by atoms with Crippen LogP contribution in [0.3, 0.4) is 0 Å². The molecular weight excluding hydrogens is 346 g/mol. The maximum atomic E-state index is 12.7. The van der Waals surface area contributed by atoms with E-state index in [1.165, 1.54) is 5.69 Å². The van der Waals surface area contributed by atoms with Crippen molar-refractivity contribution in [2.24, 2.45) is 18.0 Å². The Morgan fingerprint density at radius 2 is 2.00 bits per heavy atom. The molecule has 0 aromatic carbocycles. The van der Waals surface area contributed by atoms with Crippen LogP contribution < -0.4 is 10.6 Å². The van der Waals surface area contributed by atoms with Crippen molar-refractivity contribution in [3.05, 3.63) is 24.0 Å². The fraction of sp³-hybridized carbons (Fsp3) is 0.684. The molecule has 2 heterocycles. The predicted octanol–water partition coefficient (Wildman–Crippen LogP) is 1.82. The van der Waals surface area contributed by atoms with Crippen LogP contribution in [0.15, 0.2) is 23.3 Å². The van der Waals surface area contributed by atoms with Gasteiger partial charge in [-0.3, -0.25) is 9.79 Å². The fourth-order valence-electron chi connectivity index (χ4n) is 3.77. The van der Waals surface area contributed by atoms with Crippen LogP contribution in [0.25, 0.3) is 0 Å². The first-order chi connectivity index (χ1) is 12.7. The molecular formula is C19H31N5OS. The third-order valence-corrected chi connectivity index (χ3v) is 6.39. The van der Waals surface area contributed by atoms with Crippen molar-refractivity contribution >= 4 is 23.6 Å². The van der Waals surface area contributed by atoms with Crippen molar-refractivity contribution in [3.63, 3.8) is 0 Å². The van der Waals surface area contributed by atoms with Crippen LogP contribution in [0.4, 0.5) is 0 Å². The van der Waals surface area contributed by atoms with E-state index in [1.807, 2.05) is 38.1 Å². The first-order valence-electron chi connectivity index (χ1n) is 9.61. The zero-order chi connectivity index (χ0) is 18.4. The van der Waals surface area contributed by atoms with Crippen LogP contribution in [0.1, 0.15) is 31.4 Å². The first kappa shape index (κ1) is 19.1. The largest absolute Gasteiger partial charge is 0.354 e. The SMILES string of the molecule is CN=C(NCc1cccn1C)NC1CCC(C(=O)N2CCSCC2)CC1. The lowest BCUT2D eigenvalue weighted by Gasteiger charge is -2.34. The Labute approximate surface area is 160 Å². The molecule has 0 spiro atoms. The second-order valence-corrected chi connectivity index (χ2v) is 8.39. The number of guanidine groups is 1. The van der Waals surface area contributed by atoms with Crippen molar-refractivity contribution in [2.45, 2.75) is 38.3 Å². The van der Waals surface area contributed by atoms with Gasteiger partial charge in [-0.1, -0.05) is 0 Å². The number of carbonyl (C=O) groups is 1. The lowest BCUT2D eigenvalue weighted by molar-refractivity contribution is -0.136. The zero-order valence-corrected chi connectivity index (χ0v) is 16.7. The summed E-state index contributed by atoms with van der Waals surface area (Å²) in [6.07, 6.45) is 6.07. The molecule has 7 heteroatoms. The van der Waals surface area contributed by atoms with Gasteiger partial charge >= 0.3 is 0 Å². The highest BCUT2D eigenvalue weighted by Gasteiger charge is 2.30. The van der Waals surface area contributed by atoms with E-state index >= 15 is 0 Å². The van der Waals surface area contributed by atoms with Crippen molar-refractivity contribution in [1.82, 2.24) is 20.1 Å². The van der Waals surface area contributed by atoms with Gasteiger partial charge in [0.15, 0.2) is 5.96 Å². The van der Waals surface area contributed by atoms with Crippen molar-refractivity contribution in [3.8, 4) is 0 Å². The minimum absolute atomic E-state index is 0.217. The summed E-state index contributed by atoms with van der Waals surface area (Å²) >= 11 is 1.95. The Hall–Kier alpha value is -1.63. The molecule has 3 rings (SSSR count). The number of hydrogen-bond donors (Lipinski definition) is 2. The molecule has 0 unspecified atom stereocenters. The molecule has 1 aliphatic carbocycles. The predicted molar refractivity (Wildman–Crippen MR) is 108 cm³/mol. The Bertz CT molecular complexity index is 615. The highest BCUT2D eigenvalue weighted by Crippen LogP contribution is 2.27. The number of aromatic nitrogens is 1. The number of hydrogen-bond acceptors (Lipinski definition) is 3. The summed E-state index contributed by atoms with van der Waals surface area (Å²) in [7, 11) is 3.86. The van der Waals surface area contributed by atoms with E-state index < -0.39 is 0 Å². The van der Waals surface area contributed by atoms with Crippen molar-refractivity contribution < 1.29 is 4.79 Å². The number of amides is 1. The third-order valence-electron chi connectivity index (χ3n) is 5.45. The summed E-state index contributed by atoms with van der Waals surface area (Å²) in [6.45, 7) is 2.61. The van der Waals surface area contributed by atoms with Gasteiger partial charge in [0.05, 0.1) is 6.54 Å². The molecule has 1 amide bonds. The number of nitrogens with zero attached hydrogens (tertiary/aromatic N) is 3. The lowest BCUT2D eigenvalue weighted by atomic mass is 9.85. The summed E-state index contributed by atoms with van der Waals surface area (Å²) in [6, 6.07) is 4.55. The van der Waals surface area contributed by atoms with E-state index in [9.17, 15) is 4.79 Å². The first-order valence-corrected chi connectivity index (χ1v) is 10.8. The molecule has 1 aromatic heterocycles. The van der Waals surface area contributed by atoms with Gasteiger partial charge in [-0.2, -0.15) is 11.8 Å². The van der Waals surface area contributed by atoms with Gasteiger partial charge in [-0.25, -0.2) is 0 Å². The van der Waals surface area contributed by atoms with Gasteiger partial charge in [0, 0.05) is 62.5 Å². The molecule has 1 saturated carbocycles. The molecule has 1 aliphatic heterocycles. The Morgan fingerprint density at radius 1 is 1.27 bits per heavy atom. The average Bonchev–Trinajstić information content (AvgIpc) is 3.10. The molecule has 6 nitrogen and oxygen atoms in total. The molecule has 2 fully saturated rings. The minimum atomic E-state index is 0.217. The van der Waals surface area contributed by atoms with E-state index in [0.717, 1.165) is 62.8 Å². The molecule has 2 N–H and O–H groups in total. The fourth-order valence-corrected chi connectivity index (χ4v) is 4.67. The minimum Gasteiger partial charge on any atom is -0.354 e. The molecule has 1 aromatic rings. The van der Waals surface area contributed by atoms with Crippen LogP contribution in [0.5, 0.6) is 0 Å². The van der Waals surface area contributed by atoms with Crippen LogP contribution >= 0.6 is 11.8 Å². The molecule has 0 bridgehead atoms. The number of aliphatic imine (C=N–C) groups is 1. The van der Waals surface area contributed by atoms with E-state index in [4.69, 9.17) is 0 Å². The molecule has 0 atom stereocenters.